The van der Waals surface area contributed by atoms with E-state index in [-0.39, 0.29) is 11.9 Å². The van der Waals surface area contributed by atoms with Crippen molar-refractivity contribution in [1.82, 2.24) is 5.32 Å². The molecule has 17 heavy (non-hydrogen) atoms. The van der Waals surface area contributed by atoms with Crippen molar-refractivity contribution < 1.29 is 4.79 Å². The lowest BCUT2D eigenvalue weighted by Crippen LogP contribution is -2.45. The average molecular weight is 236 g/mol. The van der Waals surface area contributed by atoms with Gasteiger partial charge in [0.05, 0.1) is 6.07 Å². The summed E-state index contributed by atoms with van der Waals surface area (Å²) in [6.07, 6.45) is 4.92. The first-order valence-corrected chi connectivity index (χ1v) is 6.55. The number of carbonyl (C=O) groups is 1. The summed E-state index contributed by atoms with van der Waals surface area (Å²) in [6, 6.07) is 2.38. The normalized spacial score (nSPS) is 23.5. The van der Waals surface area contributed by atoms with Crippen molar-refractivity contribution in [2.75, 3.05) is 0 Å². The molecule has 0 aromatic carbocycles. The van der Waals surface area contributed by atoms with Crippen molar-refractivity contribution in [3.05, 3.63) is 0 Å². The first-order chi connectivity index (χ1) is 7.83. The monoisotopic (exact) mass is 236 g/mol. The Kier molecular flexibility index (Phi) is 4.19. The molecule has 0 bridgehead atoms. The van der Waals surface area contributed by atoms with Crippen molar-refractivity contribution in [2.24, 2.45) is 10.8 Å². The molecule has 1 N–H and O–H groups in total. The van der Waals surface area contributed by atoms with Gasteiger partial charge in [0.15, 0.2) is 0 Å². The van der Waals surface area contributed by atoms with Gasteiger partial charge in [0.25, 0.3) is 0 Å². The summed E-state index contributed by atoms with van der Waals surface area (Å²) >= 11 is 0. The Balaban J connectivity index is 2.52. The van der Waals surface area contributed by atoms with E-state index in [1.807, 2.05) is 6.92 Å². The molecule has 96 valence electrons. The smallest absolute Gasteiger partial charge is 0.240 e. The zero-order valence-electron chi connectivity index (χ0n) is 11.5. The molecule has 3 heteroatoms. The third-order valence-corrected chi connectivity index (χ3v) is 4.13. The van der Waals surface area contributed by atoms with Gasteiger partial charge < -0.3 is 5.32 Å². The Morgan fingerprint density at radius 1 is 1.47 bits per heavy atom. The molecular formula is C14H24N2O. The molecule has 1 fully saturated rings. The van der Waals surface area contributed by atoms with Gasteiger partial charge in [0.1, 0.15) is 5.41 Å². The molecule has 1 amide bonds. The summed E-state index contributed by atoms with van der Waals surface area (Å²) < 4.78 is 0. The van der Waals surface area contributed by atoms with E-state index in [0.717, 1.165) is 25.7 Å². The third kappa shape index (κ3) is 3.46. The number of hydrogen-bond acceptors (Lipinski definition) is 2. The second-order valence-corrected chi connectivity index (χ2v) is 6.21. The highest BCUT2D eigenvalue weighted by atomic mass is 16.2. The molecule has 0 aromatic rings. The quantitative estimate of drug-likeness (QED) is 0.819. The van der Waals surface area contributed by atoms with E-state index < -0.39 is 5.41 Å². The lowest BCUT2D eigenvalue weighted by atomic mass is 9.75. The van der Waals surface area contributed by atoms with E-state index in [1.54, 1.807) is 6.92 Å². The van der Waals surface area contributed by atoms with Gasteiger partial charge >= 0.3 is 0 Å². The molecule has 0 aliphatic heterocycles. The SMILES string of the molecule is CCC(C)(C#N)C(=O)NC1CCC(C)(C)CC1. The molecule has 1 unspecified atom stereocenters. The summed E-state index contributed by atoms with van der Waals surface area (Å²) in [5, 5.41) is 12.1. The van der Waals surface area contributed by atoms with Crippen molar-refractivity contribution in [2.45, 2.75) is 65.8 Å². The molecular weight excluding hydrogens is 212 g/mol. The lowest BCUT2D eigenvalue weighted by Gasteiger charge is -2.35. The third-order valence-electron chi connectivity index (χ3n) is 4.13. The van der Waals surface area contributed by atoms with Gasteiger partial charge in [-0.2, -0.15) is 5.26 Å². The minimum absolute atomic E-state index is 0.104. The number of carbonyl (C=O) groups excluding carboxylic acids is 1. The molecule has 1 saturated carbocycles. The standard InChI is InChI=1S/C14H24N2O/c1-5-14(4,10-15)12(17)16-11-6-8-13(2,3)9-7-11/h11H,5-9H2,1-4H3,(H,16,17). The first-order valence-electron chi connectivity index (χ1n) is 6.55. The van der Waals surface area contributed by atoms with Gasteiger partial charge in [-0.15, -0.1) is 0 Å². The molecule has 3 nitrogen and oxygen atoms in total. The van der Waals surface area contributed by atoms with Crippen LogP contribution in [0.25, 0.3) is 0 Å². The van der Waals surface area contributed by atoms with Crippen molar-refractivity contribution >= 4 is 5.91 Å². The number of amides is 1. The highest BCUT2D eigenvalue weighted by molar-refractivity contribution is 5.85. The van der Waals surface area contributed by atoms with Crippen LogP contribution in [-0.2, 0) is 4.79 Å². The Morgan fingerprint density at radius 3 is 2.41 bits per heavy atom. The Labute approximate surface area is 105 Å². The second-order valence-electron chi connectivity index (χ2n) is 6.21. The maximum Gasteiger partial charge on any atom is 0.240 e. The van der Waals surface area contributed by atoms with Gasteiger partial charge in [-0.05, 0) is 44.4 Å². The molecule has 1 atom stereocenters. The number of nitriles is 1. The fourth-order valence-corrected chi connectivity index (χ4v) is 2.18. The first kappa shape index (κ1) is 14.0. The fourth-order valence-electron chi connectivity index (χ4n) is 2.18. The van der Waals surface area contributed by atoms with E-state index in [9.17, 15) is 4.79 Å². The summed E-state index contributed by atoms with van der Waals surface area (Å²) in [6.45, 7) is 8.15. The second kappa shape index (κ2) is 5.08. The maximum absolute atomic E-state index is 12.0. The van der Waals surface area contributed by atoms with Crippen LogP contribution in [0.3, 0.4) is 0 Å². The van der Waals surface area contributed by atoms with Gasteiger partial charge in [0.2, 0.25) is 5.91 Å². The Hall–Kier alpha value is -1.04. The van der Waals surface area contributed by atoms with Crippen LogP contribution >= 0.6 is 0 Å². The molecule has 0 heterocycles. The zero-order chi connectivity index (χ0) is 13.1. The molecule has 1 aliphatic rings. The lowest BCUT2D eigenvalue weighted by molar-refractivity contribution is -0.128. The van der Waals surface area contributed by atoms with Crippen LogP contribution in [0.2, 0.25) is 0 Å². The van der Waals surface area contributed by atoms with E-state index in [0.29, 0.717) is 11.8 Å². The summed E-state index contributed by atoms with van der Waals surface area (Å²) in [4.78, 5) is 12.0. The van der Waals surface area contributed by atoms with Crippen LogP contribution in [0.4, 0.5) is 0 Å². The number of hydrogen-bond donors (Lipinski definition) is 1. The van der Waals surface area contributed by atoms with Gasteiger partial charge in [-0.25, -0.2) is 0 Å². The fraction of sp³-hybridized carbons (Fsp3) is 0.857. The molecule has 1 rings (SSSR count). The molecule has 0 spiro atoms. The number of nitrogens with one attached hydrogen (secondary N) is 1. The average Bonchev–Trinajstić information content (AvgIpc) is 2.30. The van der Waals surface area contributed by atoms with Crippen LogP contribution in [0, 0.1) is 22.2 Å². The van der Waals surface area contributed by atoms with Crippen LogP contribution in [0.15, 0.2) is 0 Å². The van der Waals surface area contributed by atoms with Crippen LogP contribution in [-0.4, -0.2) is 11.9 Å². The number of rotatable bonds is 3. The van der Waals surface area contributed by atoms with Gasteiger partial charge in [-0.1, -0.05) is 20.8 Å². The Morgan fingerprint density at radius 2 is 2.00 bits per heavy atom. The summed E-state index contributed by atoms with van der Waals surface area (Å²) in [5.74, 6) is -0.104. The molecule has 0 aromatic heterocycles. The topological polar surface area (TPSA) is 52.9 Å². The van der Waals surface area contributed by atoms with Crippen molar-refractivity contribution in [1.29, 1.82) is 5.26 Å². The van der Waals surface area contributed by atoms with Crippen LogP contribution < -0.4 is 5.32 Å². The molecule has 0 saturated heterocycles. The predicted molar refractivity (Wildman–Crippen MR) is 68.2 cm³/mol. The minimum Gasteiger partial charge on any atom is -0.352 e. The van der Waals surface area contributed by atoms with E-state index in [1.165, 1.54) is 0 Å². The number of nitrogens with zero attached hydrogens (tertiary/aromatic N) is 1. The van der Waals surface area contributed by atoms with E-state index in [4.69, 9.17) is 5.26 Å². The van der Waals surface area contributed by atoms with E-state index in [2.05, 4.69) is 25.2 Å². The molecule has 1 aliphatic carbocycles. The maximum atomic E-state index is 12.0. The largest absolute Gasteiger partial charge is 0.352 e. The molecule has 0 radical (unpaired) electrons. The highest BCUT2D eigenvalue weighted by Gasteiger charge is 2.34. The predicted octanol–water partition coefficient (Wildman–Crippen LogP) is 3.01. The summed E-state index contributed by atoms with van der Waals surface area (Å²) in [5.41, 5.74) is -0.461. The van der Waals surface area contributed by atoms with Crippen molar-refractivity contribution in [3.63, 3.8) is 0 Å². The van der Waals surface area contributed by atoms with Crippen LogP contribution in [0.1, 0.15) is 59.8 Å². The summed E-state index contributed by atoms with van der Waals surface area (Å²) in [7, 11) is 0. The highest BCUT2D eigenvalue weighted by Crippen LogP contribution is 2.35. The van der Waals surface area contributed by atoms with Gasteiger partial charge in [-0.3, -0.25) is 4.79 Å². The van der Waals surface area contributed by atoms with Gasteiger partial charge in [0, 0.05) is 6.04 Å². The minimum atomic E-state index is -0.868. The van der Waals surface area contributed by atoms with Crippen molar-refractivity contribution in [3.8, 4) is 6.07 Å². The zero-order valence-corrected chi connectivity index (χ0v) is 11.5. The van der Waals surface area contributed by atoms with E-state index >= 15 is 0 Å². The Bertz CT molecular complexity index is 320. The van der Waals surface area contributed by atoms with Crippen LogP contribution in [0.5, 0.6) is 0 Å².